The molecule has 2 fully saturated rings. The third-order valence-corrected chi connectivity index (χ3v) is 7.28. The highest BCUT2D eigenvalue weighted by atomic mass is 35.5. The number of sulfone groups is 1. The number of methoxy groups -OCH3 is 1. The Bertz CT molecular complexity index is 747. The van der Waals surface area contributed by atoms with Gasteiger partial charge in [-0.2, -0.15) is 0 Å². The van der Waals surface area contributed by atoms with Crippen LogP contribution in [-0.2, 0) is 19.4 Å². The molecular formula is C19H30ClN3O4S. The van der Waals surface area contributed by atoms with Crippen LogP contribution >= 0.6 is 12.4 Å². The molecule has 2 saturated heterocycles. The number of halogens is 1. The lowest BCUT2D eigenvalue weighted by molar-refractivity contribution is -0.134. The number of rotatable bonds is 7. The molecular weight excluding hydrogens is 402 g/mol. The minimum Gasteiger partial charge on any atom is -0.383 e. The van der Waals surface area contributed by atoms with Gasteiger partial charge in [-0.1, -0.05) is 30.3 Å². The summed E-state index contributed by atoms with van der Waals surface area (Å²) in [4.78, 5) is 16.7. The minimum absolute atomic E-state index is 0. The molecule has 1 aromatic carbocycles. The van der Waals surface area contributed by atoms with E-state index in [0.717, 1.165) is 6.54 Å². The van der Waals surface area contributed by atoms with Crippen LogP contribution in [0.25, 0.3) is 0 Å². The molecule has 9 heteroatoms. The summed E-state index contributed by atoms with van der Waals surface area (Å²) in [6.45, 7) is 2.47. The van der Waals surface area contributed by atoms with Gasteiger partial charge in [0.15, 0.2) is 9.84 Å². The monoisotopic (exact) mass is 431 g/mol. The first-order valence-electron chi connectivity index (χ1n) is 9.41. The molecule has 0 bridgehead atoms. The van der Waals surface area contributed by atoms with E-state index in [0.29, 0.717) is 26.1 Å². The zero-order valence-electron chi connectivity index (χ0n) is 16.2. The quantitative estimate of drug-likeness (QED) is 0.675. The van der Waals surface area contributed by atoms with Crippen LogP contribution in [0.1, 0.15) is 17.9 Å². The van der Waals surface area contributed by atoms with Crippen LogP contribution < -0.4 is 5.73 Å². The third kappa shape index (κ3) is 5.67. The van der Waals surface area contributed by atoms with Gasteiger partial charge in [-0.05, 0) is 12.0 Å². The Hall–Kier alpha value is -1.19. The molecule has 3 rings (SSSR count). The predicted molar refractivity (Wildman–Crippen MR) is 111 cm³/mol. The molecule has 28 heavy (non-hydrogen) atoms. The molecule has 2 aliphatic rings. The van der Waals surface area contributed by atoms with Crippen molar-refractivity contribution in [2.45, 2.75) is 24.4 Å². The molecule has 2 aliphatic heterocycles. The van der Waals surface area contributed by atoms with Gasteiger partial charge in [-0.25, -0.2) is 8.42 Å². The number of benzene rings is 1. The van der Waals surface area contributed by atoms with Crippen molar-refractivity contribution in [1.29, 1.82) is 0 Å². The van der Waals surface area contributed by atoms with Crippen molar-refractivity contribution in [3.8, 4) is 0 Å². The maximum atomic E-state index is 12.9. The van der Waals surface area contributed by atoms with Gasteiger partial charge in [-0.15, -0.1) is 12.4 Å². The second-order valence-corrected chi connectivity index (χ2v) is 9.74. The van der Waals surface area contributed by atoms with E-state index in [4.69, 9.17) is 10.5 Å². The van der Waals surface area contributed by atoms with Gasteiger partial charge in [0.05, 0.1) is 24.7 Å². The van der Waals surface area contributed by atoms with Crippen molar-refractivity contribution in [2.24, 2.45) is 5.73 Å². The second kappa shape index (κ2) is 10.0. The van der Waals surface area contributed by atoms with Crippen LogP contribution in [0.4, 0.5) is 0 Å². The topological polar surface area (TPSA) is 92.9 Å². The lowest BCUT2D eigenvalue weighted by atomic mass is 9.95. The molecule has 0 radical (unpaired) electrons. The highest BCUT2D eigenvalue weighted by Crippen LogP contribution is 2.26. The summed E-state index contributed by atoms with van der Waals surface area (Å²) >= 11 is 0. The number of nitrogens with two attached hydrogens (primary N) is 1. The number of likely N-dealkylation sites (tertiary alicyclic amines) is 1. The largest absolute Gasteiger partial charge is 0.383 e. The summed E-state index contributed by atoms with van der Waals surface area (Å²) in [6.07, 6.45) is 0.504. The molecule has 0 aliphatic carbocycles. The molecule has 3 atom stereocenters. The van der Waals surface area contributed by atoms with Crippen molar-refractivity contribution >= 4 is 28.2 Å². The number of hydrogen-bond acceptors (Lipinski definition) is 6. The number of amides is 1. The van der Waals surface area contributed by atoms with E-state index < -0.39 is 9.84 Å². The highest BCUT2D eigenvalue weighted by Gasteiger charge is 2.37. The fraction of sp³-hybridized carbons (Fsp3) is 0.632. The summed E-state index contributed by atoms with van der Waals surface area (Å²) in [7, 11) is -1.47. The van der Waals surface area contributed by atoms with Crippen LogP contribution in [0.3, 0.4) is 0 Å². The van der Waals surface area contributed by atoms with E-state index in [1.165, 1.54) is 5.56 Å². The Balaban J connectivity index is 0.00000280. The summed E-state index contributed by atoms with van der Waals surface area (Å²) in [5.41, 5.74) is 7.52. The lowest BCUT2D eigenvalue weighted by Gasteiger charge is -2.30. The maximum absolute atomic E-state index is 12.9. The van der Waals surface area contributed by atoms with Crippen LogP contribution in [0, 0.1) is 0 Å². The Morgan fingerprint density at radius 1 is 1.29 bits per heavy atom. The predicted octanol–water partition coefficient (Wildman–Crippen LogP) is 0.497. The highest BCUT2D eigenvalue weighted by molar-refractivity contribution is 7.91. The second-order valence-electron chi connectivity index (χ2n) is 7.51. The Morgan fingerprint density at radius 2 is 2.00 bits per heavy atom. The first-order chi connectivity index (χ1) is 12.9. The van der Waals surface area contributed by atoms with E-state index in [1.54, 1.807) is 12.0 Å². The molecule has 1 amide bonds. The van der Waals surface area contributed by atoms with Gasteiger partial charge in [0.2, 0.25) is 5.91 Å². The number of ether oxygens (including phenoxy) is 1. The molecule has 2 heterocycles. The molecule has 0 aromatic heterocycles. The molecule has 0 spiro atoms. The number of carbonyl (C=O) groups excluding carboxylic acids is 1. The van der Waals surface area contributed by atoms with Crippen LogP contribution in [-0.4, -0.2) is 87.6 Å². The first kappa shape index (κ1) is 23.1. The normalized spacial score (nSPS) is 26.7. The fourth-order valence-corrected chi connectivity index (χ4v) is 5.83. The van der Waals surface area contributed by atoms with Crippen LogP contribution in [0.5, 0.6) is 0 Å². The van der Waals surface area contributed by atoms with Crippen molar-refractivity contribution in [1.82, 2.24) is 9.80 Å². The molecule has 0 saturated carbocycles. The molecule has 158 valence electrons. The van der Waals surface area contributed by atoms with Crippen molar-refractivity contribution < 1.29 is 17.9 Å². The number of hydrogen-bond donors (Lipinski definition) is 1. The SMILES string of the molecule is COCCN(C(=O)CN1C[C@@H](N)[C@H](c2ccccc2)C1)C1CCS(=O)(=O)C1.Cl. The van der Waals surface area contributed by atoms with Crippen molar-refractivity contribution in [3.05, 3.63) is 35.9 Å². The van der Waals surface area contributed by atoms with Crippen LogP contribution in [0.15, 0.2) is 30.3 Å². The van der Waals surface area contributed by atoms with Gasteiger partial charge in [0.25, 0.3) is 0 Å². The van der Waals surface area contributed by atoms with E-state index in [2.05, 4.69) is 17.0 Å². The average Bonchev–Trinajstić information content (AvgIpc) is 3.18. The Labute approximate surface area is 173 Å². The van der Waals surface area contributed by atoms with Crippen molar-refractivity contribution in [3.63, 3.8) is 0 Å². The Morgan fingerprint density at radius 3 is 2.61 bits per heavy atom. The lowest BCUT2D eigenvalue weighted by Crippen LogP contribution is -2.47. The summed E-state index contributed by atoms with van der Waals surface area (Å²) < 4.78 is 28.8. The number of carbonyl (C=O) groups is 1. The standard InChI is InChI=1S/C19H29N3O4S.ClH/c1-26-9-8-22(16-7-10-27(24,25)14-16)19(23)13-21-11-17(18(20)12-21)15-5-3-2-4-6-15;/h2-6,16-18H,7-14,20H2,1H3;1H/t16?,17-,18+;/m0./s1. The number of nitrogens with zero attached hydrogens (tertiary/aromatic N) is 2. The summed E-state index contributed by atoms with van der Waals surface area (Å²) in [6, 6.07) is 9.87. The Kier molecular flexibility index (Phi) is 8.27. The van der Waals surface area contributed by atoms with E-state index >= 15 is 0 Å². The average molecular weight is 432 g/mol. The van der Waals surface area contributed by atoms with Crippen molar-refractivity contribution in [2.75, 3.05) is 51.4 Å². The van der Waals surface area contributed by atoms with E-state index in [9.17, 15) is 13.2 Å². The smallest absolute Gasteiger partial charge is 0.237 e. The molecule has 1 unspecified atom stereocenters. The van der Waals surface area contributed by atoms with E-state index in [-0.39, 0.29) is 54.4 Å². The van der Waals surface area contributed by atoms with Gasteiger partial charge in [0, 0.05) is 44.7 Å². The third-order valence-electron chi connectivity index (χ3n) is 5.53. The van der Waals surface area contributed by atoms with Gasteiger partial charge in [-0.3, -0.25) is 9.69 Å². The van der Waals surface area contributed by atoms with Gasteiger partial charge < -0.3 is 15.4 Å². The fourth-order valence-electron chi connectivity index (χ4n) is 4.10. The minimum atomic E-state index is -3.05. The summed E-state index contributed by atoms with van der Waals surface area (Å²) in [5, 5.41) is 0. The zero-order chi connectivity index (χ0) is 19.4. The first-order valence-corrected chi connectivity index (χ1v) is 11.2. The van der Waals surface area contributed by atoms with Gasteiger partial charge in [0.1, 0.15) is 0 Å². The maximum Gasteiger partial charge on any atom is 0.237 e. The van der Waals surface area contributed by atoms with Crippen LogP contribution in [0.2, 0.25) is 0 Å². The van der Waals surface area contributed by atoms with Gasteiger partial charge >= 0.3 is 0 Å². The molecule has 2 N–H and O–H groups in total. The van der Waals surface area contributed by atoms with E-state index in [1.807, 2.05) is 18.2 Å². The zero-order valence-corrected chi connectivity index (χ0v) is 17.8. The summed E-state index contributed by atoms with van der Waals surface area (Å²) in [5.74, 6) is 0.363. The molecule has 7 nitrogen and oxygen atoms in total. The molecule has 1 aromatic rings.